The second-order valence-electron chi connectivity index (χ2n) is 6.86. The Hall–Kier alpha value is -2.99. The summed E-state index contributed by atoms with van der Waals surface area (Å²) in [5.74, 6) is -0.0105. The van der Waals surface area contributed by atoms with Crippen LogP contribution in [0.5, 0.6) is 0 Å². The Morgan fingerprint density at radius 2 is 2.12 bits per heavy atom. The molecule has 2 aliphatic heterocycles. The first-order valence-corrected chi connectivity index (χ1v) is 8.64. The van der Waals surface area contributed by atoms with E-state index in [0.29, 0.717) is 18.8 Å². The topological polar surface area (TPSA) is 78.6 Å². The van der Waals surface area contributed by atoms with Crippen LogP contribution in [-0.2, 0) is 11.3 Å². The van der Waals surface area contributed by atoms with Gasteiger partial charge in [-0.05, 0) is 34.9 Å². The van der Waals surface area contributed by atoms with Gasteiger partial charge in [-0.1, -0.05) is 18.2 Å². The predicted molar refractivity (Wildman–Crippen MR) is 96.0 cm³/mol. The molecule has 6 nitrogen and oxygen atoms in total. The SMILES string of the molecule is CC(=O)c1n[nH]c2ccc(-c3cccc4c3CN(CC3CO3)C4=O)cc12. The largest absolute Gasteiger partial charge is 0.371 e. The summed E-state index contributed by atoms with van der Waals surface area (Å²) in [7, 11) is 0. The molecule has 0 radical (unpaired) electrons. The van der Waals surface area contributed by atoms with Gasteiger partial charge in [0.05, 0.1) is 18.2 Å². The average Bonchev–Trinajstić information content (AvgIpc) is 3.26. The molecule has 1 unspecified atom stereocenters. The molecule has 1 fully saturated rings. The van der Waals surface area contributed by atoms with Gasteiger partial charge in [-0.15, -0.1) is 0 Å². The fraction of sp³-hybridized carbons (Fsp3) is 0.250. The summed E-state index contributed by atoms with van der Waals surface area (Å²) < 4.78 is 5.27. The van der Waals surface area contributed by atoms with Crippen molar-refractivity contribution in [3.05, 3.63) is 53.2 Å². The summed E-state index contributed by atoms with van der Waals surface area (Å²) in [5.41, 5.74) is 5.06. The van der Waals surface area contributed by atoms with E-state index in [-0.39, 0.29) is 17.8 Å². The number of nitrogens with one attached hydrogen (secondary N) is 1. The maximum Gasteiger partial charge on any atom is 0.254 e. The third kappa shape index (κ3) is 2.34. The number of hydrogen-bond donors (Lipinski definition) is 1. The molecule has 1 amide bonds. The number of amides is 1. The zero-order chi connectivity index (χ0) is 17.8. The van der Waals surface area contributed by atoms with Crippen molar-refractivity contribution in [3.63, 3.8) is 0 Å². The van der Waals surface area contributed by atoms with Crippen molar-refractivity contribution in [1.29, 1.82) is 0 Å². The summed E-state index contributed by atoms with van der Waals surface area (Å²) in [6.07, 6.45) is 0.178. The van der Waals surface area contributed by atoms with E-state index in [1.54, 1.807) is 0 Å². The molecule has 26 heavy (non-hydrogen) atoms. The lowest BCUT2D eigenvalue weighted by Gasteiger charge is -2.13. The van der Waals surface area contributed by atoms with Crippen molar-refractivity contribution in [3.8, 4) is 11.1 Å². The van der Waals surface area contributed by atoms with Crippen LogP contribution in [0, 0.1) is 0 Å². The molecular weight excluding hydrogens is 330 g/mol. The molecule has 1 atom stereocenters. The number of aromatic amines is 1. The summed E-state index contributed by atoms with van der Waals surface area (Å²) in [6.45, 7) is 3.48. The number of aromatic nitrogens is 2. The highest BCUT2D eigenvalue weighted by Gasteiger charge is 2.34. The third-order valence-electron chi connectivity index (χ3n) is 5.08. The number of carbonyl (C=O) groups is 2. The summed E-state index contributed by atoms with van der Waals surface area (Å²) in [6, 6.07) is 11.7. The molecule has 1 N–H and O–H groups in total. The molecule has 1 aromatic heterocycles. The first-order chi connectivity index (χ1) is 12.6. The third-order valence-corrected chi connectivity index (χ3v) is 5.08. The van der Waals surface area contributed by atoms with Crippen LogP contribution in [0.2, 0.25) is 0 Å². The van der Waals surface area contributed by atoms with Crippen molar-refractivity contribution in [2.45, 2.75) is 19.6 Å². The van der Waals surface area contributed by atoms with E-state index < -0.39 is 0 Å². The molecule has 0 saturated carbocycles. The van der Waals surface area contributed by atoms with Gasteiger partial charge in [0, 0.05) is 31.0 Å². The van der Waals surface area contributed by atoms with Gasteiger partial charge in [0.25, 0.3) is 5.91 Å². The van der Waals surface area contributed by atoms with Gasteiger partial charge in [0.15, 0.2) is 5.78 Å². The zero-order valence-corrected chi connectivity index (χ0v) is 14.3. The number of hydrogen-bond acceptors (Lipinski definition) is 4. The number of Topliss-reactive ketones (excluding diaryl/α,β-unsaturated/α-hetero) is 1. The average molecular weight is 347 g/mol. The molecule has 0 spiro atoms. The van der Waals surface area contributed by atoms with Crippen LogP contribution in [0.4, 0.5) is 0 Å². The normalized spacial score (nSPS) is 18.4. The smallest absolute Gasteiger partial charge is 0.254 e. The van der Waals surface area contributed by atoms with E-state index in [0.717, 1.165) is 39.8 Å². The summed E-state index contributed by atoms with van der Waals surface area (Å²) in [4.78, 5) is 26.3. The Labute approximate surface area is 149 Å². The molecule has 0 bridgehead atoms. The van der Waals surface area contributed by atoms with Crippen LogP contribution in [0.1, 0.15) is 33.3 Å². The predicted octanol–water partition coefficient (Wildman–Crippen LogP) is 2.79. The van der Waals surface area contributed by atoms with E-state index >= 15 is 0 Å². The summed E-state index contributed by atoms with van der Waals surface area (Å²) in [5, 5.41) is 7.82. The lowest BCUT2D eigenvalue weighted by molar-refractivity contribution is 0.0766. The van der Waals surface area contributed by atoms with E-state index in [2.05, 4.69) is 10.2 Å². The minimum absolute atomic E-state index is 0.0613. The Morgan fingerprint density at radius 1 is 1.31 bits per heavy atom. The van der Waals surface area contributed by atoms with Crippen molar-refractivity contribution in [2.75, 3.05) is 13.2 Å². The maximum absolute atomic E-state index is 12.7. The van der Waals surface area contributed by atoms with Crippen LogP contribution in [0.15, 0.2) is 36.4 Å². The van der Waals surface area contributed by atoms with Crippen molar-refractivity contribution in [1.82, 2.24) is 15.1 Å². The second-order valence-corrected chi connectivity index (χ2v) is 6.86. The van der Waals surface area contributed by atoms with Crippen LogP contribution in [0.3, 0.4) is 0 Å². The van der Waals surface area contributed by atoms with E-state index in [1.165, 1.54) is 6.92 Å². The quantitative estimate of drug-likeness (QED) is 0.581. The Bertz CT molecular complexity index is 1070. The Morgan fingerprint density at radius 3 is 2.88 bits per heavy atom. The van der Waals surface area contributed by atoms with E-state index in [9.17, 15) is 9.59 Å². The number of benzene rings is 2. The number of rotatable bonds is 4. The van der Waals surface area contributed by atoms with Gasteiger partial charge < -0.3 is 9.64 Å². The van der Waals surface area contributed by atoms with Crippen molar-refractivity contribution >= 4 is 22.6 Å². The lowest BCUT2D eigenvalue weighted by Crippen LogP contribution is -2.28. The number of ether oxygens (including phenoxy) is 1. The summed E-state index contributed by atoms with van der Waals surface area (Å²) >= 11 is 0. The molecule has 6 heteroatoms. The van der Waals surface area contributed by atoms with Crippen LogP contribution < -0.4 is 0 Å². The first-order valence-electron chi connectivity index (χ1n) is 8.64. The van der Waals surface area contributed by atoms with Crippen LogP contribution in [-0.4, -0.2) is 46.0 Å². The number of carbonyl (C=O) groups excluding carboxylic acids is 2. The number of epoxide rings is 1. The number of fused-ring (bicyclic) bond motifs is 2. The minimum atomic E-state index is -0.0718. The van der Waals surface area contributed by atoms with Crippen LogP contribution in [0.25, 0.3) is 22.0 Å². The van der Waals surface area contributed by atoms with E-state index in [1.807, 2.05) is 41.3 Å². The second kappa shape index (κ2) is 5.51. The first kappa shape index (κ1) is 15.3. The molecule has 2 aromatic carbocycles. The number of H-pyrrole nitrogens is 1. The number of nitrogens with zero attached hydrogens (tertiary/aromatic N) is 2. The lowest BCUT2D eigenvalue weighted by atomic mass is 9.95. The fourth-order valence-corrected chi connectivity index (χ4v) is 3.68. The highest BCUT2D eigenvalue weighted by atomic mass is 16.6. The van der Waals surface area contributed by atoms with Crippen molar-refractivity contribution < 1.29 is 14.3 Å². The maximum atomic E-state index is 12.7. The Kier molecular flexibility index (Phi) is 3.24. The van der Waals surface area contributed by atoms with E-state index in [4.69, 9.17) is 4.74 Å². The standard InChI is InChI=1S/C20H17N3O3/c1-11(24)19-16-7-12(5-6-18(16)21-22-19)14-3-2-4-15-17(14)9-23(20(15)25)8-13-10-26-13/h2-7,13H,8-10H2,1H3,(H,21,22). The molecular formula is C20H17N3O3. The zero-order valence-electron chi connectivity index (χ0n) is 14.3. The number of ketones is 1. The molecule has 1 saturated heterocycles. The van der Waals surface area contributed by atoms with Gasteiger partial charge in [0.2, 0.25) is 0 Å². The van der Waals surface area contributed by atoms with Crippen LogP contribution >= 0.6 is 0 Å². The van der Waals surface area contributed by atoms with Gasteiger partial charge in [-0.25, -0.2) is 0 Å². The molecule has 3 aromatic rings. The molecule has 5 rings (SSSR count). The molecule has 0 aliphatic carbocycles. The fourth-order valence-electron chi connectivity index (χ4n) is 3.68. The van der Waals surface area contributed by atoms with Gasteiger partial charge in [-0.2, -0.15) is 5.10 Å². The highest BCUT2D eigenvalue weighted by Crippen LogP contribution is 2.35. The highest BCUT2D eigenvalue weighted by molar-refractivity contribution is 6.06. The molecule has 3 heterocycles. The Balaban J connectivity index is 1.60. The minimum Gasteiger partial charge on any atom is -0.371 e. The molecule has 2 aliphatic rings. The van der Waals surface area contributed by atoms with Crippen molar-refractivity contribution in [2.24, 2.45) is 0 Å². The molecule has 130 valence electrons. The van der Waals surface area contributed by atoms with Gasteiger partial charge in [-0.3, -0.25) is 14.7 Å². The monoisotopic (exact) mass is 347 g/mol. The van der Waals surface area contributed by atoms with Gasteiger partial charge in [0.1, 0.15) is 5.69 Å². The van der Waals surface area contributed by atoms with Gasteiger partial charge >= 0.3 is 0 Å².